The van der Waals surface area contributed by atoms with E-state index in [1.54, 1.807) is 0 Å². The van der Waals surface area contributed by atoms with Gasteiger partial charge in [-0.05, 0) is 50.5 Å². The zero-order valence-electron chi connectivity index (χ0n) is 11.4. The molecule has 2 rings (SSSR count). The van der Waals surface area contributed by atoms with E-state index >= 15 is 0 Å². The standard InChI is InChI=1S/C14H28N2O/c1-11(2)12-5-7-16(9-12)13-4-3-6-14(15,8-13)10-17/h11-13,17H,3-10,15H2,1-2H3. The number of hydrogen-bond donors (Lipinski definition) is 2. The van der Waals surface area contributed by atoms with Gasteiger partial charge in [-0.2, -0.15) is 0 Å². The van der Waals surface area contributed by atoms with E-state index in [0.717, 1.165) is 24.7 Å². The molecule has 1 heterocycles. The molecule has 1 aliphatic heterocycles. The number of aliphatic hydroxyl groups excluding tert-OH is 1. The fraction of sp³-hybridized carbons (Fsp3) is 1.00. The highest BCUT2D eigenvalue weighted by molar-refractivity contribution is 4.95. The Bertz CT molecular complexity index is 257. The number of nitrogens with two attached hydrogens (primary N) is 1. The predicted octanol–water partition coefficient (Wildman–Crippen LogP) is 1.60. The fourth-order valence-electron chi connectivity index (χ4n) is 3.51. The van der Waals surface area contributed by atoms with Crippen LogP contribution in [-0.4, -0.2) is 41.3 Å². The first-order chi connectivity index (χ1) is 8.04. The van der Waals surface area contributed by atoms with E-state index in [9.17, 15) is 5.11 Å². The second-order valence-electron chi connectivity index (χ2n) is 6.56. The van der Waals surface area contributed by atoms with E-state index in [1.165, 1.54) is 32.4 Å². The van der Waals surface area contributed by atoms with Gasteiger partial charge in [0.2, 0.25) is 0 Å². The van der Waals surface area contributed by atoms with Crippen molar-refractivity contribution >= 4 is 0 Å². The molecule has 1 saturated carbocycles. The van der Waals surface area contributed by atoms with Gasteiger partial charge in [-0.3, -0.25) is 0 Å². The highest BCUT2D eigenvalue weighted by atomic mass is 16.3. The Kier molecular flexibility index (Phi) is 4.11. The minimum absolute atomic E-state index is 0.144. The highest BCUT2D eigenvalue weighted by Gasteiger charge is 2.37. The van der Waals surface area contributed by atoms with Crippen molar-refractivity contribution in [3.63, 3.8) is 0 Å². The van der Waals surface area contributed by atoms with Gasteiger partial charge in [0.05, 0.1) is 6.61 Å². The summed E-state index contributed by atoms with van der Waals surface area (Å²) in [6.07, 6.45) is 5.75. The van der Waals surface area contributed by atoms with Crippen LogP contribution in [0.15, 0.2) is 0 Å². The first-order valence-corrected chi connectivity index (χ1v) is 7.18. The SMILES string of the molecule is CC(C)C1CCN(C2CCCC(N)(CO)C2)C1. The highest BCUT2D eigenvalue weighted by Crippen LogP contribution is 2.33. The summed E-state index contributed by atoms with van der Waals surface area (Å²) in [5.74, 6) is 1.65. The van der Waals surface area contributed by atoms with Gasteiger partial charge >= 0.3 is 0 Å². The zero-order valence-corrected chi connectivity index (χ0v) is 11.4. The minimum atomic E-state index is -0.307. The quantitative estimate of drug-likeness (QED) is 0.788. The summed E-state index contributed by atoms with van der Waals surface area (Å²) >= 11 is 0. The van der Waals surface area contributed by atoms with Crippen LogP contribution < -0.4 is 5.73 Å². The van der Waals surface area contributed by atoms with Gasteiger partial charge in [0.15, 0.2) is 0 Å². The van der Waals surface area contributed by atoms with Crippen molar-refractivity contribution in [2.45, 2.75) is 57.5 Å². The number of likely N-dealkylation sites (tertiary alicyclic amines) is 1. The van der Waals surface area contributed by atoms with Crippen LogP contribution in [0.2, 0.25) is 0 Å². The normalized spacial score (nSPS) is 40.1. The summed E-state index contributed by atoms with van der Waals surface area (Å²) in [5, 5.41) is 9.41. The topological polar surface area (TPSA) is 49.5 Å². The average Bonchev–Trinajstić information content (AvgIpc) is 2.78. The molecule has 2 fully saturated rings. The lowest BCUT2D eigenvalue weighted by atomic mass is 9.79. The van der Waals surface area contributed by atoms with Gasteiger partial charge in [-0.1, -0.05) is 13.8 Å². The maximum Gasteiger partial charge on any atom is 0.0611 e. The van der Waals surface area contributed by atoms with E-state index in [0.29, 0.717) is 6.04 Å². The molecule has 0 amide bonds. The van der Waals surface area contributed by atoms with Crippen LogP contribution >= 0.6 is 0 Å². The van der Waals surface area contributed by atoms with Crippen molar-refractivity contribution in [1.29, 1.82) is 0 Å². The molecule has 1 aliphatic carbocycles. The van der Waals surface area contributed by atoms with Crippen molar-refractivity contribution in [1.82, 2.24) is 4.90 Å². The minimum Gasteiger partial charge on any atom is -0.394 e. The van der Waals surface area contributed by atoms with Crippen molar-refractivity contribution in [2.24, 2.45) is 17.6 Å². The molecule has 0 aromatic carbocycles. The number of nitrogens with zero attached hydrogens (tertiary/aromatic N) is 1. The van der Waals surface area contributed by atoms with Crippen LogP contribution in [0.4, 0.5) is 0 Å². The molecule has 1 saturated heterocycles. The Morgan fingerprint density at radius 1 is 1.41 bits per heavy atom. The third-order valence-electron chi connectivity index (χ3n) is 4.88. The Morgan fingerprint density at radius 3 is 2.76 bits per heavy atom. The molecule has 3 N–H and O–H groups in total. The summed E-state index contributed by atoms with van der Waals surface area (Å²) in [6, 6.07) is 0.615. The molecule has 100 valence electrons. The lowest BCUT2D eigenvalue weighted by molar-refractivity contribution is 0.0907. The molecule has 3 heteroatoms. The van der Waals surface area contributed by atoms with E-state index < -0.39 is 0 Å². The number of rotatable bonds is 3. The second kappa shape index (κ2) is 5.25. The zero-order chi connectivity index (χ0) is 12.5. The Labute approximate surface area is 105 Å². The van der Waals surface area contributed by atoms with Crippen LogP contribution in [0.1, 0.15) is 46.0 Å². The van der Waals surface area contributed by atoms with Crippen LogP contribution in [0.25, 0.3) is 0 Å². The van der Waals surface area contributed by atoms with Crippen molar-refractivity contribution < 1.29 is 5.11 Å². The monoisotopic (exact) mass is 240 g/mol. The van der Waals surface area contributed by atoms with E-state index in [-0.39, 0.29) is 12.1 Å². The first-order valence-electron chi connectivity index (χ1n) is 7.18. The Balaban J connectivity index is 1.91. The fourth-order valence-corrected chi connectivity index (χ4v) is 3.51. The Hall–Kier alpha value is -0.120. The van der Waals surface area contributed by atoms with Gasteiger partial charge < -0.3 is 15.7 Å². The van der Waals surface area contributed by atoms with Crippen molar-refractivity contribution in [3.8, 4) is 0 Å². The molecule has 0 aromatic heterocycles. The molecule has 2 aliphatic rings. The summed E-state index contributed by atoms with van der Waals surface area (Å²) in [5.41, 5.74) is 5.93. The third-order valence-corrected chi connectivity index (χ3v) is 4.88. The number of hydrogen-bond acceptors (Lipinski definition) is 3. The third kappa shape index (κ3) is 3.01. The maximum absolute atomic E-state index is 9.41. The molecule has 0 aromatic rings. The number of aliphatic hydroxyl groups is 1. The lowest BCUT2D eigenvalue weighted by Crippen LogP contribution is -2.52. The van der Waals surface area contributed by atoms with Gasteiger partial charge in [0, 0.05) is 18.1 Å². The molecule has 0 spiro atoms. The molecule has 17 heavy (non-hydrogen) atoms. The van der Waals surface area contributed by atoms with E-state index in [4.69, 9.17) is 5.73 Å². The van der Waals surface area contributed by atoms with E-state index in [2.05, 4.69) is 18.7 Å². The van der Waals surface area contributed by atoms with E-state index in [1.807, 2.05) is 0 Å². The lowest BCUT2D eigenvalue weighted by Gasteiger charge is -2.40. The Morgan fingerprint density at radius 2 is 2.18 bits per heavy atom. The van der Waals surface area contributed by atoms with Gasteiger partial charge in [-0.15, -0.1) is 0 Å². The molecule has 3 unspecified atom stereocenters. The van der Waals surface area contributed by atoms with Crippen molar-refractivity contribution in [3.05, 3.63) is 0 Å². The summed E-state index contributed by atoms with van der Waals surface area (Å²) in [7, 11) is 0. The molecular weight excluding hydrogens is 212 g/mol. The predicted molar refractivity (Wildman–Crippen MR) is 70.8 cm³/mol. The maximum atomic E-state index is 9.41. The molecule has 3 nitrogen and oxygen atoms in total. The van der Waals surface area contributed by atoms with Crippen LogP contribution in [-0.2, 0) is 0 Å². The second-order valence-corrected chi connectivity index (χ2v) is 6.56. The summed E-state index contributed by atoms with van der Waals surface area (Å²) in [4.78, 5) is 2.63. The van der Waals surface area contributed by atoms with Crippen molar-refractivity contribution in [2.75, 3.05) is 19.7 Å². The first kappa shape index (κ1) is 13.3. The van der Waals surface area contributed by atoms with Gasteiger partial charge in [0.1, 0.15) is 0 Å². The molecular formula is C14H28N2O. The summed E-state index contributed by atoms with van der Waals surface area (Å²) < 4.78 is 0. The van der Waals surface area contributed by atoms with Gasteiger partial charge in [0.25, 0.3) is 0 Å². The molecule has 3 atom stereocenters. The summed E-state index contributed by atoms with van der Waals surface area (Å²) in [6.45, 7) is 7.27. The molecule has 0 bridgehead atoms. The van der Waals surface area contributed by atoms with Crippen LogP contribution in [0.3, 0.4) is 0 Å². The van der Waals surface area contributed by atoms with Crippen LogP contribution in [0, 0.1) is 11.8 Å². The average molecular weight is 240 g/mol. The largest absolute Gasteiger partial charge is 0.394 e. The molecule has 0 radical (unpaired) electrons. The smallest absolute Gasteiger partial charge is 0.0611 e. The van der Waals surface area contributed by atoms with Gasteiger partial charge in [-0.25, -0.2) is 0 Å². The van der Waals surface area contributed by atoms with Crippen LogP contribution in [0.5, 0.6) is 0 Å².